The van der Waals surface area contributed by atoms with Crippen LogP contribution >= 0.6 is 0 Å². The number of ether oxygens (including phenoxy) is 2. The molecule has 0 amide bonds. The summed E-state index contributed by atoms with van der Waals surface area (Å²) in [5.41, 5.74) is 2.17. The van der Waals surface area contributed by atoms with Gasteiger partial charge in [0.2, 0.25) is 0 Å². The maximum atomic E-state index is 13.9. The minimum absolute atomic E-state index is 0.000507. The third-order valence-corrected chi connectivity index (χ3v) is 4.87. The Labute approximate surface area is 163 Å². The van der Waals surface area contributed by atoms with Crippen LogP contribution in [0, 0.1) is 22.9 Å². The first-order valence-corrected chi connectivity index (χ1v) is 9.13. The Morgan fingerprint density at radius 2 is 2.07 bits per heavy atom. The quantitative estimate of drug-likeness (QED) is 0.577. The Hall–Kier alpha value is -2.71. The number of morpholine rings is 1. The molecule has 1 saturated heterocycles. The zero-order valence-electron chi connectivity index (χ0n) is 16.0. The number of nitro benzene ring substituents is 1. The average Bonchev–Trinajstić information content (AvgIpc) is 2.69. The highest BCUT2D eigenvalue weighted by Crippen LogP contribution is 2.33. The second kappa shape index (κ2) is 8.99. The van der Waals surface area contributed by atoms with E-state index in [0.717, 1.165) is 30.3 Å². The Morgan fingerprint density at radius 1 is 1.32 bits per heavy atom. The van der Waals surface area contributed by atoms with Crippen molar-refractivity contribution in [2.75, 3.05) is 45.3 Å². The lowest BCUT2D eigenvalue weighted by molar-refractivity contribution is -0.384. The van der Waals surface area contributed by atoms with Gasteiger partial charge in [0, 0.05) is 25.7 Å². The van der Waals surface area contributed by atoms with Crippen LogP contribution in [0.3, 0.4) is 0 Å². The molecule has 1 aliphatic heterocycles. The summed E-state index contributed by atoms with van der Waals surface area (Å²) in [4.78, 5) is 13.1. The predicted molar refractivity (Wildman–Crippen MR) is 104 cm³/mol. The number of nitrogens with zero attached hydrogens (tertiary/aromatic N) is 2. The topological polar surface area (TPSA) is 76.9 Å². The molecule has 1 heterocycles. The third kappa shape index (κ3) is 4.58. The zero-order valence-corrected chi connectivity index (χ0v) is 16.0. The second-order valence-electron chi connectivity index (χ2n) is 6.72. The van der Waals surface area contributed by atoms with Crippen LogP contribution in [0.4, 0.5) is 15.8 Å². The van der Waals surface area contributed by atoms with Gasteiger partial charge in [-0.05, 0) is 12.5 Å². The highest BCUT2D eigenvalue weighted by molar-refractivity contribution is 5.64. The van der Waals surface area contributed by atoms with E-state index in [-0.39, 0.29) is 23.2 Å². The van der Waals surface area contributed by atoms with Crippen molar-refractivity contribution in [3.05, 3.63) is 63.5 Å². The molecular weight excluding hydrogens is 365 g/mol. The summed E-state index contributed by atoms with van der Waals surface area (Å²) in [7, 11) is 1.33. The summed E-state index contributed by atoms with van der Waals surface area (Å²) in [5, 5.41) is 14.5. The van der Waals surface area contributed by atoms with Gasteiger partial charge in [0.05, 0.1) is 37.4 Å². The molecule has 0 unspecified atom stereocenters. The molecule has 2 aromatic carbocycles. The molecule has 0 saturated carbocycles. The molecule has 28 heavy (non-hydrogen) atoms. The van der Waals surface area contributed by atoms with E-state index in [9.17, 15) is 14.5 Å². The molecule has 0 aliphatic carbocycles. The molecule has 1 N–H and O–H groups in total. The first-order valence-electron chi connectivity index (χ1n) is 9.13. The summed E-state index contributed by atoms with van der Waals surface area (Å²) in [6.45, 7) is 5.30. The largest absolute Gasteiger partial charge is 0.494 e. The number of halogens is 1. The van der Waals surface area contributed by atoms with E-state index in [2.05, 4.69) is 22.3 Å². The van der Waals surface area contributed by atoms with Crippen molar-refractivity contribution in [1.82, 2.24) is 4.90 Å². The molecular formula is C20H24FN3O4. The van der Waals surface area contributed by atoms with E-state index in [1.807, 2.05) is 19.1 Å². The molecule has 0 radical (unpaired) electrons. The van der Waals surface area contributed by atoms with Gasteiger partial charge < -0.3 is 14.8 Å². The minimum atomic E-state index is -0.761. The Morgan fingerprint density at radius 3 is 2.71 bits per heavy atom. The van der Waals surface area contributed by atoms with Crippen LogP contribution in [0.1, 0.15) is 17.2 Å². The SMILES string of the molecule is COc1cc(NC[C@H](c2cccc(C)c2)N2CCOCC2)c([N+](=O)[O-])cc1F. The van der Waals surface area contributed by atoms with Crippen LogP contribution in [-0.4, -0.2) is 49.8 Å². The van der Waals surface area contributed by atoms with Gasteiger partial charge in [0.1, 0.15) is 5.69 Å². The molecule has 1 aliphatic rings. The molecule has 2 aromatic rings. The molecule has 8 heteroatoms. The van der Waals surface area contributed by atoms with Crippen LogP contribution in [0.25, 0.3) is 0 Å². The summed E-state index contributed by atoms with van der Waals surface area (Å²) in [6, 6.07) is 10.4. The smallest absolute Gasteiger partial charge is 0.295 e. The van der Waals surface area contributed by atoms with E-state index in [4.69, 9.17) is 9.47 Å². The number of hydrogen-bond donors (Lipinski definition) is 1. The van der Waals surface area contributed by atoms with Crippen LogP contribution < -0.4 is 10.1 Å². The molecule has 3 rings (SSSR count). The molecule has 7 nitrogen and oxygen atoms in total. The maximum absolute atomic E-state index is 13.9. The third-order valence-electron chi connectivity index (χ3n) is 4.87. The van der Waals surface area contributed by atoms with Crippen molar-refractivity contribution in [2.24, 2.45) is 0 Å². The standard InChI is InChI=1S/C20H24FN3O4/c1-14-4-3-5-15(10-14)19(23-6-8-28-9-7-23)13-22-17-12-20(27-2)16(21)11-18(17)24(25)26/h3-5,10-12,19,22H,6-9,13H2,1-2H3/t19-/m1/s1. The number of anilines is 1. The van der Waals surface area contributed by atoms with Crippen molar-refractivity contribution in [1.29, 1.82) is 0 Å². The fourth-order valence-electron chi connectivity index (χ4n) is 3.42. The number of methoxy groups -OCH3 is 1. The normalized spacial score (nSPS) is 15.8. The first kappa shape index (κ1) is 20.0. The van der Waals surface area contributed by atoms with Gasteiger partial charge in [-0.3, -0.25) is 15.0 Å². The summed E-state index contributed by atoms with van der Waals surface area (Å²) in [5.74, 6) is -0.797. The number of benzene rings is 2. The van der Waals surface area contributed by atoms with Crippen LogP contribution in [0.2, 0.25) is 0 Å². The van der Waals surface area contributed by atoms with Gasteiger partial charge >= 0.3 is 0 Å². The maximum Gasteiger partial charge on any atom is 0.295 e. The van der Waals surface area contributed by atoms with E-state index in [1.165, 1.54) is 13.2 Å². The summed E-state index contributed by atoms with van der Waals surface area (Å²) < 4.78 is 24.3. The monoisotopic (exact) mass is 389 g/mol. The second-order valence-corrected chi connectivity index (χ2v) is 6.72. The average molecular weight is 389 g/mol. The fourth-order valence-corrected chi connectivity index (χ4v) is 3.42. The van der Waals surface area contributed by atoms with Crippen molar-refractivity contribution in [3.8, 4) is 5.75 Å². The van der Waals surface area contributed by atoms with Gasteiger partial charge in [-0.25, -0.2) is 4.39 Å². The predicted octanol–water partition coefficient (Wildman–Crippen LogP) is 3.54. The van der Waals surface area contributed by atoms with Crippen LogP contribution in [-0.2, 0) is 4.74 Å². The molecule has 150 valence electrons. The van der Waals surface area contributed by atoms with Crippen LogP contribution in [0.5, 0.6) is 5.75 Å². The summed E-state index contributed by atoms with van der Waals surface area (Å²) in [6.07, 6.45) is 0. The fraction of sp³-hybridized carbons (Fsp3) is 0.400. The molecule has 1 atom stereocenters. The lowest BCUT2D eigenvalue weighted by Crippen LogP contribution is -2.41. The first-order chi connectivity index (χ1) is 13.5. The Bertz CT molecular complexity index is 840. The van der Waals surface area contributed by atoms with Gasteiger partial charge in [0.25, 0.3) is 5.69 Å². The minimum Gasteiger partial charge on any atom is -0.494 e. The number of rotatable bonds is 7. The van der Waals surface area contributed by atoms with Crippen molar-refractivity contribution < 1.29 is 18.8 Å². The Balaban J connectivity index is 1.88. The van der Waals surface area contributed by atoms with Gasteiger partial charge in [-0.1, -0.05) is 29.8 Å². The van der Waals surface area contributed by atoms with E-state index < -0.39 is 10.7 Å². The highest BCUT2D eigenvalue weighted by atomic mass is 19.1. The van der Waals surface area contributed by atoms with E-state index in [0.29, 0.717) is 19.8 Å². The lowest BCUT2D eigenvalue weighted by atomic mass is 10.0. The zero-order chi connectivity index (χ0) is 20.1. The number of aryl methyl sites for hydroxylation is 1. The van der Waals surface area contributed by atoms with Gasteiger partial charge in [-0.15, -0.1) is 0 Å². The molecule has 1 fully saturated rings. The summed E-state index contributed by atoms with van der Waals surface area (Å²) >= 11 is 0. The number of nitro groups is 1. The van der Waals surface area contributed by atoms with Crippen molar-refractivity contribution in [2.45, 2.75) is 13.0 Å². The molecule has 0 aromatic heterocycles. The Kier molecular flexibility index (Phi) is 6.43. The number of hydrogen-bond acceptors (Lipinski definition) is 6. The van der Waals surface area contributed by atoms with E-state index >= 15 is 0 Å². The molecule has 0 bridgehead atoms. The van der Waals surface area contributed by atoms with Crippen molar-refractivity contribution in [3.63, 3.8) is 0 Å². The van der Waals surface area contributed by atoms with E-state index in [1.54, 1.807) is 0 Å². The highest BCUT2D eigenvalue weighted by Gasteiger charge is 2.25. The van der Waals surface area contributed by atoms with Gasteiger partial charge in [-0.2, -0.15) is 0 Å². The number of nitrogens with one attached hydrogen (secondary N) is 1. The lowest BCUT2D eigenvalue weighted by Gasteiger charge is -2.35. The van der Waals surface area contributed by atoms with Gasteiger partial charge in [0.15, 0.2) is 11.6 Å². The molecule has 0 spiro atoms. The van der Waals surface area contributed by atoms with Crippen molar-refractivity contribution >= 4 is 11.4 Å². The van der Waals surface area contributed by atoms with Crippen LogP contribution in [0.15, 0.2) is 36.4 Å².